The Morgan fingerprint density at radius 3 is 2.95 bits per heavy atom. The second-order valence-corrected chi connectivity index (χ2v) is 5.89. The van der Waals surface area contributed by atoms with Crippen molar-refractivity contribution < 1.29 is 8.81 Å². The summed E-state index contributed by atoms with van der Waals surface area (Å²) >= 11 is 1.72. The number of furan rings is 1. The van der Waals surface area contributed by atoms with Crippen LogP contribution in [0.2, 0.25) is 0 Å². The minimum atomic E-state index is -0.184. The zero-order valence-electron chi connectivity index (χ0n) is 11.2. The van der Waals surface area contributed by atoms with Gasteiger partial charge in [-0.15, -0.1) is 11.3 Å². The van der Waals surface area contributed by atoms with Crippen molar-refractivity contribution in [2.45, 2.75) is 19.4 Å². The Bertz CT molecular complexity index is 690. The first-order valence-corrected chi connectivity index (χ1v) is 7.51. The zero-order chi connectivity index (χ0) is 13.9. The minimum absolute atomic E-state index is 0.184. The van der Waals surface area contributed by atoms with E-state index >= 15 is 0 Å². The van der Waals surface area contributed by atoms with E-state index in [-0.39, 0.29) is 11.9 Å². The lowest BCUT2D eigenvalue weighted by Crippen LogP contribution is -2.21. The summed E-state index contributed by atoms with van der Waals surface area (Å²) in [6.45, 7) is 2.99. The van der Waals surface area contributed by atoms with E-state index in [2.05, 4.69) is 18.3 Å². The first kappa shape index (κ1) is 13.3. The highest BCUT2D eigenvalue weighted by atomic mass is 32.1. The molecule has 3 rings (SSSR count). The summed E-state index contributed by atoms with van der Waals surface area (Å²) in [5, 5.41) is 4.46. The van der Waals surface area contributed by atoms with Crippen LogP contribution in [0.15, 0.2) is 47.3 Å². The van der Waals surface area contributed by atoms with Gasteiger partial charge in [0.15, 0.2) is 0 Å². The summed E-state index contributed by atoms with van der Waals surface area (Å²) in [5.74, 6) is -0.184. The van der Waals surface area contributed by atoms with Crippen LogP contribution in [0.25, 0.3) is 10.1 Å². The van der Waals surface area contributed by atoms with Crippen LogP contribution >= 0.6 is 11.3 Å². The van der Waals surface area contributed by atoms with Gasteiger partial charge in [-0.2, -0.15) is 0 Å². The summed E-state index contributed by atoms with van der Waals surface area (Å²) in [5.41, 5.74) is 1.17. The Morgan fingerprint density at radius 1 is 1.30 bits per heavy atom. The molecular formula is C16H16FNOS. The Hall–Kier alpha value is -1.65. The van der Waals surface area contributed by atoms with Crippen molar-refractivity contribution in [1.82, 2.24) is 5.32 Å². The highest BCUT2D eigenvalue weighted by Gasteiger charge is 2.15. The third-order valence-electron chi connectivity index (χ3n) is 3.31. The van der Waals surface area contributed by atoms with E-state index in [0.717, 1.165) is 23.1 Å². The zero-order valence-corrected chi connectivity index (χ0v) is 12.0. The number of rotatable bonds is 5. The molecule has 4 heteroatoms. The van der Waals surface area contributed by atoms with E-state index in [4.69, 9.17) is 4.42 Å². The number of likely N-dealkylation sites (N-methyl/N-ethyl adjacent to an activating group) is 1. The van der Waals surface area contributed by atoms with Gasteiger partial charge in [0.2, 0.25) is 0 Å². The Kier molecular flexibility index (Phi) is 3.85. The van der Waals surface area contributed by atoms with Gasteiger partial charge < -0.3 is 9.73 Å². The molecule has 0 aliphatic rings. The van der Waals surface area contributed by atoms with Crippen LogP contribution in [0.4, 0.5) is 4.39 Å². The number of benzene rings is 1. The van der Waals surface area contributed by atoms with E-state index < -0.39 is 0 Å². The van der Waals surface area contributed by atoms with Gasteiger partial charge in [-0.25, -0.2) is 4.39 Å². The van der Waals surface area contributed by atoms with Gasteiger partial charge in [-0.1, -0.05) is 6.92 Å². The van der Waals surface area contributed by atoms with E-state index in [1.807, 2.05) is 12.1 Å². The third-order valence-corrected chi connectivity index (χ3v) is 4.54. The molecule has 0 aliphatic heterocycles. The van der Waals surface area contributed by atoms with Crippen LogP contribution in [0.5, 0.6) is 0 Å². The van der Waals surface area contributed by atoms with Crippen LogP contribution in [0.1, 0.15) is 23.4 Å². The number of halogens is 1. The average molecular weight is 289 g/mol. The lowest BCUT2D eigenvalue weighted by atomic mass is 10.1. The molecule has 0 saturated carbocycles. The van der Waals surface area contributed by atoms with Gasteiger partial charge in [0.1, 0.15) is 5.82 Å². The van der Waals surface area contributed by atoms with Crippen molar-refractivity contribution in [1.29, 1.82) is 0 Å². The highest BCUT2D eigenvalue weighted by Crippen LogP contribution is 2.32. The molecule has 1 aromatic carbocycles. The van der Waals surface area contributed by atoms with Gasteiger partial charge >= 0.3 is 0 Å². The van der Waals surface area contributed by atoms with E-state index in [1.165, 1.54) is 16.5 Å². The van der Waals surface area contributed by atoms with Gasteiger partial charge in [0.25, 0.3) is 0 Å². The molecule has 0 amide bonds. The van der Waals surface area contributed by atoms with Crippen LogP contribution < -0.4 is 5.32 Å². The minimum Gasteiger partial charge on any atom is -0.472 e. The Morgan fingerprint density at radius 2 is 2.20 bits per heavy atom. The number of nitrogens with one attached hydrogen (secondary N) is 1. The second kappa shape index (κ2) is 5.77. The lowest BCUT2D eigenvalue weighted by molar-refractivity contribution is 0.540. The normalized spacial score (nSPS) is 12.9. The van der Waals surface area contributed by atoms with Crippen molar-refractivity contribution >= 4 is 21.4 Å². The molecule has 2 nitrogen and oxygen atoms in total. The average Bonchev–Trinajstić information content (AvgIpc) is 3.06. The Labute approximate surface area is 121 Å². The molecule has 3 aromatic rings. The molecule has 2 heterocycles. The van der Waals surface area contributed by atoms with Crippen LogP contribution in [0.3, 0.4) is 0 Å². The first-order valence-electron chi connectivity index (χ1n) is 6.69. The summed E-state index contributed by atoms with van der Waals surface area (Å²) in [4.78, 5) is 1.23. The van der Waals surface area contributed by atoms with Crippen molar-refractivity contribution in [3.05, 3.63) is 59.1 Å². The standard InChI is InChI=1S/C16H16FNOS/c1-2-18-14(7-11-5-6-19-10-11)16-9-12-8-13(17)3-4-15(12)20-16/h3-6,8-10,14,18H,2,7H2,1H3. The maximum absolute atomic E-state index is 13.3. The molecule has 0 saturated heterocycles. The summed E-state index contributed by atoms with van der Waals surface area (Å²) in [7, 11) is 0. The topological polar surface area (TPSA) is 25.2 Å². The summed E-state index contributed by atoms with van der Waals surface area (Å²) in [6.07, 6.45) is 4.34. The van der Waals surface area contributed by atoms with Crippen molar-refractivity contribution in [3.8, 4) is 0 Å². The first-order chi connectivity index (χ1) is 9.76. The smallest absolute Gasteiger partial charge is 0.123 e. The Balaban J connectivity index is 1.92. The number of thiophene rings is 1. The quantitative estimate of drug-likeness (QED) is 0.746. The van der Waals surface area contributed by atoms with E-state index in [9.17, 15) is 4.39 Å². The summed E-state index contributed by atoms with van der Waals surface area (Å²) in [6, 6.07) is 9.25. The van der Waals surface area contributed by atoms with Gasteiger partial charge in [0, 0.05) is 15.6 Å². The molecule has 0 spiro atoms. The molecule has 1 unspecified atom stereocenters. The van der Waals surface area contributed by atoms with Crippen LogP contribution in [-0.4, -0.2) is 6.54 Å². The molecule has 0 bridgehead atoms. The molecule has 1 atom stereocenters. The highest BCUT2D eigenvalue weighted by molar-refractivity contribution is 7.19. The number of hydrogen-bond donors (Lipinski definition) is 1. The third kappa shape index (κ3) is 2.76. The van der Waals surface area contributed by atoms with E-state index in [1.54, 1.807) is 29.9 Å². The molecular weight excluding hydrogens is 273 g/mol. The predicted molar refractivity (Wildman–Crippen MR) is 80.6 cm³/mol. The predicted octanol–water partition coefficient (Wildman–Crippen LogP) is 4.53. The van der Waals surface area contributed by atoms with E-state index in [0.29, 0.717) is 0 Å². The fourth-order valence-electron chi connectivity index (χ4n) is 2.37. The SMILES string of the molecule is CCNC(Cc1ccoc1)c1cc2cc(F)ccc2s1. The molecule has 20 heavy (non-hydrogen) atoms. The maximum atomic E-state index is 13.3. The number of hydrogen-bond acceptors (Lipinski definition) is 3. The van der Waals surface area contributed by atoms with Crippen molar-refractivity contribution in [3.63, 3.8) is 0 Å². The number of fused-ring (bicyclic) bond motifs is 1. The molecule has 1 N–H and O–H groups in total. The molecule has 0 fully saturated rings. The molecule has 104 valence electrons. The van der Waals surface area contributed by atoms with Gasteiger partial charge in [-0.3, -0.25) is 0 Å². The fraction of sp³-hybridized carbons (Fsp3) is 0.250. The van der Waals surface area contributed by atoms with Crippen LogP contribution in [0, 0.1) is 5.82 Å². The molecule has 0 radical (unpaired) electrons. The summed E-state index contributed by atoms with van der Waals surface area (Å²) < 4.78 is 19.5. The maximum Gasteiger partial charge on any atom is 0.123 e. The van der Waals surface area contributed by atoms with Gasteiger partial charge in [0.05, 0.1) is 12.5 Å². The van der Waals surface area contributed by atoms with Crippen molar-refractivity contribution in [2.24, 2.45) is 0 Å². The fourth-order valence-corrected chi connectivity index (χ4v) is 3.49. The molecule has 0 aliphatic carbocycles. The largest absolute Gasteiger partial charge is 0.472 e. The van der Waals surface area contributed by atoms with Gasteiger partial charge in [-0.05, 0) is 54.2 Å². The lowest BCUT2D eigenvalue weighted by Gasteiger charge is -2.15. The van der Waals surface area contributed by atoms with Crippen molar-refractivity contribution in [2.75, 3.05) is 6.54 Å². The molecule has 2 aromatic heterocycles. The second-order valence-electron chi connectivity index (χ2n) is 4.78. The monoisotopic (exact) mass is 289 g/mol. The van der Waals surface area contributed by atoms with Crippen LogP contribution in [-0.2, 0) is 6.42 Å².